The summed E-state index contributed by atoms with van der Waals surface area (Å²) in [4.78, 5) is 8.10. The monoisotopic (exact) mass is 317 g/mol. The van der Waals surface area contributed by atoms with E-state index in [4.69, 9.17) is 4.52 Å². The van der Waals surface area contributed by atoms with E-state index in [9.17, 15) is 0 Å². The van der Waals surface area contributed by atoms with Gasteiger partial charge in [-0.15, -0.1) is 11.3 Å². The van der Waals surface area contributed by atoms with Crippen LogP contribution < -0.4 is 0 Å². The van der Waals surface area contributed by atoms with Crippen molar-refractivity contribution in [1.29, 1.82) is 0 Å². The fourth-order valence-corrected chi connectivity index (χ4v) is 4.03. The number of aromatic nitrogens is 2. The summed E-state index contributed by atoms with van der Waals surface area (Å²) in [6, 6.07) is 6.23. The molecule has 4 heterocycles. The first-order valence-corrected chi connectivity index (χ1v) is 8.81. The van der Waals surface area contributed by atoms with Gasteiger partial charge in [-0.05, 0) is 46.8 Å². The molecular weight excluding hydrogens is 302 g/mol. The molecule has 108 valence electrons. The zero-order valence-corrected chi connectivity index (χ0v) is 13.1. The van der Waals surface area contributed by atoms with Crippen LogP contribution in [0.5, 0.6) is 0 Å². The summed E-state index contributed by atoms with van der Waals surface area (Å²) in [5.74, 6) is 1.87. The summed E-state index contributed by atoms with van der Waals surface area (Å²) in [7, 11) is 0. The normalized spacial score (nSPS) is 19.3. The first-order valence-electron chi connectivity index (χ1n) is 6.99. The molecule has 0 aliphatic carbocycles. The Kier molecular flexibility index (Phi) is 3.58. The van der Waals surface area contributed by atoms with Crippen molar-refractivity contribution in [2.45, 2.75) is 18.9 Å². The van der Waals surface area contributed by atoms with Crippen LogP contribution in [0.4, 0.5) is 0 Å². The Hall–Kier alpha value is -1.50. The number of hydrogen-bond donors (Lipinski definition) is 0. The van der Waals surface area contributed by atoms with E-state index < -0.39 is 0 Å². The van der Waals surface area contributed by atoms with Crippen molar-refractivity contribution in [2.24, 2.45) is 0 Å². The Morgan fingerprint density at radius 1 is 1.33 bits per heavy atom. The van der Waals surface area contributed by atoms with E-state index in [0.717, 1.165) is 42.6 Å². The Bertz CT molecular complexity index is 690. The van der Waals surface area contributed by atoms with Gasteiger partial charge in [0.1, 0.15) is 0 Å². The van der Waals surface area contributed by atoms with E-state index in [1.54, 1.807) is 22.7 Å². The lowest BCUT2D eigenvalue weighted by atomic mass is 10.1. The van der Waals surface area contributed by atoms with Crippen LogP contribution in [0.1, 0.15) is 23.8 Å². The number of thiophene rings is 2. The number of likely N-dealkylation sites (tertiary alicyclic amines) is 1. The second kappa shape index (κ2) is 5.71. The van der Waals surface area contributed by atoms with Gasteiger partial charge in [0, 0.05) is 13.1 Å². The van der Waals surface area contributed by atoms with Crippen molar-refractivity contribution in [3.8, 4) is 10.7 Å². The minimum Gasteiger partial charge on any atom is -0.339 e. The van der Waals surface area contributed by atoms with Crippen molar-refractivity contribution in [1.82, 2.24) is 15.0 Å². The largest absolute Gasteiger partial charge is 0.339 e. The maximum atomic E-state index is 5.48. The Labute approximate surface area is 131 Å². The molecule has 4 rings (SSSR count). The van der Waals surface area contributed by atoms with E-state index in [1.807, 2.05) is 17.5 Å². The molecule has 0 bridgehead atoms. The average Bonchev–Trinajstić information content (AvgIpc) is 3.28. The van der Waals surface area contributed by atoms with Crippen molar-refractivity contribution in [3.05, 3.63) is 45.8 Å². The molecule has 6 heteroatoms. The summed E-state index contributed by atoms with van der Waals surface area (Å²) in [6.45, 7) is 3.12. The second-order valence-electron chi connectivity index (χ2n) is 5.29. The fraction of sp³-hybridized carbons (Fsp3) is 0.333. The van der Waals surface area contributed by atoms with Gasteiger partial charge in [0.05, 0.1) is 10.8 Å². The molecule has 0 saturated carbocycles. The highest BCUT2D eigenvalue weighted by atomic mass is 32.1. The average molecular weight is 317 g/mol. The SMILES string of the molecule is c1csc(-c2noc(C3CCN(Cc4ccsc4)C3)n2)c1. The van der Waals surface area contributed by atoms with Gasteiger partial charge in [0.25, 0.3) is 0 Å². The first kappa shape index (κ1) is 13.2. The molecule has 0 N–H and O–H groups in total. The highest BCUT2D eigenvalue weighted by Gasteiger charge is 2.28. The van der Waals surface area contributed by atoms with Gasteiger partial charge in [-0.25, -0.2) is 0 Å². The second-order valence-corrected chi connectivity index (χ2v) is 7.01. The lowest BCUT2D eigenvalue weighted by Crippen LogP contribution is -2.19. The van der Waals surface area contributed by atoms with Gasteiger partial charge in [-0.1, -0.05) is 11.2 Å². The fourth-order valence-electron chi connectivity index (χ4n) is 2.73. The number of hydrogen-bond acceptors (Lipinski definition) is 6. The highest BCUT2D eigenvalue weighted by Crippen LogP contribution is 2.29. The third-order valence-electron chi connectivity index (χ3n) is 3.79. The lowest BCUT2D eigenvalue weighted by Gasteiger charge is -2.13. The van der Waals surface area contributed by atoms with E-state index in [-0.39, 0.29) is 0 Å². The standard InChI is InChI=1S/C15H15N3OS2/c1-2-13(21-6-1)14-16-15(19-17-14)12-3-5-18(9-12)8-11-4-7-20-10-11/h1-2,4,6-7,10,12H,3,5,8-9H2. The third kappa shape index (κ3) is 2.79. The van der Waals surface area contributed by atoms with E-state index in [0.29, 0.717) is 5.92 Å². The van der Waals surface area contributed by atoms with Gasteiger partial charge in [-0.3, -0.25) is 4.90 Å². The maximum absolute atomic E-state index is 5.48. The van der Waals surface area contributed by atoms with Crippen LogP contribution >= 0.6 is 22.7 Å². The highest BCUT2D eigenvalue weighted by molar-refractivity contribution is 7.13. The van der Waals surface area contributed by atoms with Gasteiger partial charge in [-0.2, -0.15) is 16.3 Å². The van der Waals surface area contributed by atoms with E-state index in [1.165, 1.54) is 5.56 Å². The predicted molar refractivity (Wildman–Crippen MR) is 84.6 cm³/mol. The summed E-state index contributed by atoms with van der Waals surface area (Å²) < 4.78 is 5.48. The van der Waals surface area contributed by atoms with Crippen LogP contribution in [-0.4, -0.2) is 28.1 Å². The molecule has 3 aromatic rings. The van der Waals surface area contributed by atoms with Crippen molar-refractivity contribution >= 4 is 22.7 Å². The molecule has 3 aromatic heterocycles. The van der Waals surface area contributed by atoms with Gasteiger partial charge < -0.3 is 4.52 Å². The minimum absolute atomic E-state index is 0.366. The lowest BCUT2D eigenvalue weighted by molar-refractivity contribution is 0.309. The van der Waals surface area contributed by atoms with Crippen molar-refractivity contribution < 1.29 is 4.52 Å². The van der Waals surface area contributed by atoms with Crippen LogP contribution in [-0.2, 0) is 6.54 Å². The Morgan fingerprint density at radius 2 is 2.33 bits per heavy atom. The molecule has 0 amide bonds. The molecule has 1 unspecified atom stereocenters. The Balaban J connectivity index is 1.43. The van der Waals surface area contributed by atoms with E-state index >= 15 is 0 Å². The maximum Gasteiger partial charge on any atom is 0.231 e. The summed E-state index contributed by atoms with van der Waals surface area (Å²) in [5.41, 5.74) is 1.39. The van der Waals surface area contributed by atoms with Crippen molar-refractivity contribution in [3.63, 3.8) is 0 Å². The van der Waals surface area contributed by atoms with Gasteiger partial charge in [0.15, 0.2) is 0 Å². The molecule has 0 radical (unpaired) electrons. The zero-order chi connectivity index (χ0) is 14.1. The Morgan fingerprint density at radius 3 is 3.14 bits per heavy atom. The van der Waals surface area contributed by atoms with Crippen LogP contribution in [0, 0.1) is 0 Å². The zero-order valence-electron chi connectivity index (χ0n) is 11.4. The molecular formula is C15H15N3OS2. The van der Waals surface area contributed by atoms with Crippen LogP contribution in [0.15, 0.2) is 38.9 Å². The molecule has 4 nitrogen and oxygen atoms in total. The summed E-state index contributed by atoms with van der Waals surface area (Å²) in [5, 5.41) is 10.5. The van der Waals surface area contributed by atoms with E-state index in [2.05, 4.69) is 31.9 Å². The minimum atomic E-state index is 0.366. The van der Waals surface area contributed by atoms with Crippen molar-refractivity contribution in [2.75, 3.05) is 13.1 Å². The summed E-state index contributed by atoms with van der Waals surface area (Å²) >= 11 is 3.40. The van der Waals surface area contributed by atoms with Crippen LogP contribution in [0.25, 0.3) is 10.7 Å². The molecule has 21 heavy (non-hydrogen) atoms. The molecule has 0 spiro atoms. The summed E-state index contributed by atoms with van der Waals surface area (Å²) in [6.07, 6.45) is 1.09. The van der Waals surface area contributed by atoms with Gasteiger partial charge in [0.2, 0.25) is 11.7 Å². The topological polar surface area (TPSA) is 42.2 Å². The molecule has 1 aliphatic rings. The molecule has 1 aliphatic heterocycles. The third-order valence-corrected chi connectivity index (χ3v) is 5.39. The first-order chi connectivity index (χ1) is 10.4. The molecule has 0 aromatic carbocycles. The number of rotatable bonds is 4. The number of nitrogens with zero attached hydrogens (tertiary/aromatic N) is 3. The predicted octanol–water partition coefficient (Wildman–Crippen LogP) is 3.85. The van der Waals surface area contributed by atoms with Gasteiger partial charge >= 0.3 is 0 Å². The molecule has 1 fully saturated rings. The quantitative estimate of drug-likeness (QED) is 0.733. The smallest absolute Gasteiger partial charge is 0.231 e. The van der Waals surface area contributed by atoms with Crippen LogP contribution in [0.3, 0.4) is 0 Å². The van der Waals surface area contributed by atoms with Crippen LogP contribution in [0.2, 0.25) is 0 Å². The molecule has 1 atom stereocenters. The molecule has 1 saturated heterocycles.